The van der Waals surface area contributed by atoms with E-state index in [1.165, 1.54) is 12.8 Å². The van der Waals surface area contributed by atoms with Crippen molar-refractivity contribution in [2.75, 3.05) is 5.32 Å². The van der Waals surface area contributed by atoms with Crippen LogP contribution in [0.25, 0.3) is 0 Å². The molecular weight excluding hydrogens is 326 g/mol. The fourth-order valence-corrected chi connectivity index (χ4v) is 3.97. The van der Waals surface area contributed by atoms with Gasteiger partial charge in [0.1, 0.15) is 0 Å². The average molecular weight is 352 g/mol. The number of amides is 1. The van der Waals surface area contributed by atoms with E-state index in [1.807, 2.05) is 18.2 Å². The number of carbonyl (C=O) groups excluding carboxylic acids is 1. The number of hydrogen-bond donors (Lipinski definition) is 1. The number of alkyl halides is 1. The van der Waals surface area contributed by atoms with Crippen LogP contribution >= 0.6 is 15.9 Å². The van der Waals surface area contributed by atoms with E-state index in [4.69, 9.17) is 0 Å². The number of anilines is 1. The lowest BCUT2D eigenvalue weighted by atomic mass is 9.77. The van der Waals surface area contributed by atoms with Crippen LogP contribution in [0.2, 0.25) is 0 Å². The number of hydrogen-bond acceptors (Lipinski definition) is 1. The third-order valence-electron chi connectivity index (χ3n) is 4.48. The van der Waals surface area contributed by atoms with Crippen molar-refractivity contribution in [3.63, 3.8) is 0 Å². The second-order valence-electron chi connectivity index (χ2n) is 6.74. The number of halogens is 1. The minimum Gasteiger partial charge on any atom is -0.325 e. The lowest BCUT2D eigenvalue weighted by Crippen LogP contribution is -2.35. The van der Waals surface area contributed by atoms with Gasteiger partial charge in [-0.3, -0.25) is 4.79 Å². The van der Waals surface area contributed by atoms with Gasteiger partial charge in [0.05, 0.1) is 0 Å². The Morgan fingerprint density at radius 1 is 1.24 bits per heavy atom. The summed E-state index contributed by atoms with van der Waals surface area (Å²) >= 11 is 3.61. The highest BCUT2D eigenvalue weighted by Gasteiger charge is 2.41. The molecule has 2 nitrogen and oxygen atoms in total. The normalized spacial score (nSPS) is 18.7. The van der Waals surface area contributed by atoms with Crippen LogP contribution in [0, 0.1) is 11.3 Å². The summed E-state index contributed by atoms with van der Waals surface area (Å²) in [5, 5.41) is 3.21. The molecule has 0 spiro atoms. The second kappa shape index (κ2) is 6.95. The van der Waals surface area contributed by atoms with E-state index in [0.717, 1.165) is 30.5 Å². The van der Waals surface area contributed by atoms with Crippen molar-refractivity contribution in [2.45, 2.75) is 57.7 Å². The Kier molecular flexibility index (Phi) is 5.48. The molecule has 1 unspecified atom stereocenters. The molecule has 21 heavy (non-hydrogen) atoms. The summed E-state index contributed by atoms with van der Waals surface area (Å²) in [6.45, 7) is 6.51. The minimum atomic E-state index is -0.156. The molecule has 0 bridgehead atoms. The number of carbonyl (C=O) groups is 1. The molecule has 1 saturated carbocycles. The van der Waals surface area contributed by atoms with E-state index in [0.29, 0.717) is 5.92 Å². The molecule has 1 aromatic carbocycles. The first-order valence-corrected chi connectivity index (χ1v) is 8.91. The van der Waals surface area contributed by atoms with E-state index in [1.54, 1.807) is 0 Å². The Morgan fingerprint density at radius 3 is 2.43 bits per heavy atom. The molecule has 0 radical (unpaired) electrons. The maximum atomic E-state index is 12.9. The van der Waals surface area contributed by atoms with Gasteiger partial charge in [-0.05, 0) is 43.7 Å². The predicted octanol–water partition coefficient (Wildman–Crippen LogP) is 5.69. The highest BCUT2D eigenvalue weighted by Crippen LogP contribution is 2.44. The molecule has 0 heterocycles. The quantitative estimate of drug-likeness (QED) is 0.678. The smallest absolute Gasteiger partial charge is 0.230 e. The maximum absolute atomic E-state index is 12.9. The Labute approximate surface area is 136 Å². The molecule has 1 aromatic rings. The Balaban J connectivity index is 2.20. The fourth-order valence-electron chi connectivity index (χ4n) is 3.57. The molecule has 1 amide bonds. The molecule has 1 atom stereocenters. The van der Waals surface area contributed by atoms with Gasteiger partial charge in [0.2, 0.25) is 5.91 Å². The highest BCUT2D eigenvalue weighted by molar-refractivity contribution is 9.09. The topological polar surface area (TPSA) is 29.1 Å². The molecule has 0 aromatic heterocycles. The highest BCUT2D eigenvalue weighted by atomic mass is 79.9. The maximum Gasteiger partial charge on any atom is 0.230 e. The van der Waals surface area contributed by atoms with Gasteiger partial charge in [-0.1, -0.05) is 60.8 Å². The van der Waals surface area contributed by atoms with Gasteiger partial charge in [-0.15, -0.1) is 0 Å². The summed E-state index contributed by atoms with van der Waals surface area (Å²) in [6.07, 6.45) is 5.41. The standard InChI is InChI=1S/C18H26BrNO/c1-13(2)12-18(10-6-7-11-18)17(21)20-16-9-5-4-8-15(16)14(3)19/h4-5,8-9,13-14H,6-7,10-12H2,1-3H3,(H,20,21). The zero-order valence-electron chi connectivity index (χ0n) is 13.3. The summed E-state index contributed by atoms with van der Waals surface area (Å²) in [6, 6.07) is 8.07. The zero-order valence-corrected chi connectivity index (χ0v) is 14.9. The van der Waals surface area contributed by atoms with Crippen LogP contribution in [0.1, 0.15) is 63.3 Å². The molecule has 0 saturated heterocycles. The first kappa shape index (κ1) is 16.5. The monoisotopic (exact) mass is 351 g/mol. The van der Waals surface area contributed by atoms with Crippen LogP contribution in [-0.2, 0) is 4.79 Å². The van der Waals surface area contributed by atoms with Gasteiger partial charge in [0, 0.05) is 15.9 Å². The van der Waals surface area contributed by atoms with Gasteiger partial charge in [-0.25, -0.2) is 0 Å². The van der Waals surface area contributed by atoms with Gasteiger partial charge in [0.25, 0.3) is 0 Å². The van der Waals surface area contributed by atoms with Crippen molar-refractivity contribution < 1.29 is 4.79 Å². The van der Waals surface area contributed by atoms with Crippen LogP contribution < -0.4 is 5.32 Å². The lowest BCUT2D eigenvalue weighted by Gasteiger charge is -2.30. The summed E-state index contributed by atoms with van der Waals surface area (Å²) < 4.78 is 0. The van der Waals surface area contributed by atoms with E-state index < -0.39 is 0 Å². The number of nitrogens with one attached hydrogen (secondary N) is 1. The molecule has 3 heteroatoms. The molecule has 1 aliphatic carbocycles. The summed E-state index contributed by atoms with van der Waals surface area (Å²) in [5.41, 5.74) is 1.93. The number of para-hydroxylation sites is 1. The number of rotatable bonds is 5. The van der Waals surface area contributed by atoms with Crippen molar-refractivity contribution in [3.8, 4) is 0 Å². The van der Waals surface area contributed by atoms with Crippen molar-refractivity contribution in [1.29, 1.82) is 0 Å². The molecular formula is C18H26BrNO. The molecule has 2 rings (SSSR count). The summed E-state index contributed by atoms with van der Waals surface area (Å²) in [5.74, 6) is 0.772. The average Bonchev–Trinajstić information content (AvgIpc) is 2.88. The molecule has 1 aliphatic rings. The van der Waals surface area contributed by atoms with E-state index in [9.17, 15) is 4.79 Å². The summed E-state index contributed by atoms with van der Waals surface area (Å²) in [4.78, 5) is 13.2. The molecule has 1 fully saturated rings. The minimum absolute atomic E-state index is 0.156. The van der Waals surface area contributed by atoms with Crippen LogP contribution in [0.4, 0.5) is 5.69 Å². The van der Waals surface area contributed by atoms with E-state index >= 15 is 0 Å². The molecule has 116 valence electrons. The van der Waals surface area contributed by atoms with Gasteiger partial charge >= 0.3 is 0 Å². The Bertz CT molecular complexity index is 490. The van der Waals surface area contributed by atoms with Crippen molar-refractivity contribution in [1.82, 2.24) is 0 Å². The van der Waals surface area contributed by atoms with Crippen LogP contribution in [0.5, 0.6) is 0 Å². The van der Waals surface area contributed by atoms with Crippen LogP contribution in [0.15, 0.2) is 24.3 Å². The zero-order chi connectivity index (χ0) is 15.5. The van der Waals surface area contributed by atoms with Crippen LogP contribution in [0.3, 0.4) is 0 Å². The SMILES string of the molecule is CC(C)CC1(C(=O)Nc2ccccc2C(C)Br)CCCC1. The molecule has 0 aliphatic heterocycles. The van der Waals surface area contributed by atoms with Crippen molar-refractivity contribution >= 4 is 27.5 Å². The largest absolute Gasteiger partial charge is 0.325 e. The van der Waals surface area contributed by atoms with Crippen molar-refractivity contribution in [2.24, 2.45) is 11.3 Å². The van der Waals surface area contributed by atoms with Gasteiger partial charge in [0.15, 0.2) is 0 Å². The first-order valence-electron chi connectivity index (χ1n) is 7.99. The fraction of sp³-hybridized carbons (Fsp3) is 0.611. The second-order valence-corrected chi connectivity index (χ2v) is 8.12. The Morgan fingerprint density at radius 2 is 1.86 bits per heavy atom. The lowest BCUT2D eigenvalue weighted by molar-refractivity contribution is -0.126. The number of benzene rings is 1. The van der Waals surface area contributed by atoms with Gasteiger partial charge in [-0.2, -0.15) is 0 Å². The van der Waals surface area contributed by atoms with E-state index in [2.05, 4.69) is 48.1 Å². The molecule has 1 N–H and O–H groups in total. The third-order valence-corrected chi connectivity index (χ3v) is 4.97. The summed E-state index contributed by atoms with van der Waals surface area (Å²) in [7, 11) is 0. The predicted molar refractivity (Wildman–Crippen MR) is 92.8 cm³/mol. The first-order chi connectivity index (χ1) is 9.94. The third kappa shape index (κ3) is 3.88. The van der Waals surface area contributed by atoms with E-state index in [-0.39, 0.29) is 16.1 Å². The van der Waals surface area contributed by atoms with Gasteiger partial charge < -0.3 is 5.32 Å². The Hall–Kier alpha value is -0.830. The van der Waals surface area contributed by atoms with Crippen molar-refractivity contribution in [3.05, 3.63) is 29.8 Å². The van der Waals surface area contributed by atoms with Crippen LogP contribution in [-0.4, -0.2) is 5.91 Å².